The first-order valence-electron chi connectivity index (χ1n) is 30.1. The van der Waals surface area contributed by atoms with Crippen LogP contribution in [-0.2, 0) is 0 Å². The third-order valence-electron chi connectivity index (χ3n) is 8.91. The molecule has 10 aromatic rings. The molecule has 0 aliphatic heterocycles. The Hall–Kier alpha value is -7.42. The standard InChI is InChI=1S/C54H38N2/c1-4-14-39(15-5-1)41-24-26-44(27-25-41)49-20-10-12-22-52(49)55(47-33-28-42(29-34-47)40-16-6-2-7-17-40)48-35-30-43(31-36-48)45-32-37-54-51(38-45)50-21-11-13-23-53(50)56(54)46-18-8-3-9-19-46/h1-38H/i1D,2D,4D,5D,6D,7D,10D,12D,14D,15D,16D,17D,20D,22D,24D,25D,26D,27D,28D,29D,30D,31D,33D,34D,35D,36D. The summed E-state index contributed by atoms with van der Waals surface area (Å²) >= 11 is 0. The minimum atomic E-state index is -1.21. The van der Waals surface area contributed by atoms with E-state index < -0.39 is 208 Å². The second kappa shape index (κ2) is 14.4. The molecular formula is C54H38N2. The Labute approximate surface area is 364 Å². The predicted molar refractivity (Wildman–Crippen MR) is 237 cm³/mol. The monoisotopic (exact) mass is 740 g/mol. The molecule has 1 aromatic heterocycles. The van der Waals surface area contributed by atoms with Gasteiger partial charge in [0.2, 0.25) is 0 Å². The Morgan fingerprint density at radius 2 is 0.839 bits per heavy atom. The normalized spacial score (nSPS) is 17.7. The van der Waals surface area contributed by atoms with E-state index in [1.165, 1.54) is 0 Å². The van der Waals surface area contributed by atoms with Gasteiger partial charge in [-0.2, -0.15) is 0 Å². The highest BCUT2D eigenvalue weighted by Gasteiger charge is 2.18. The van der Waals surface area contributed by atoms with E-state index >= 15 is 0 Å². The SMILES string of the molecule is [2H]c1c([2H])c([2H])c(-c2c([2H])c([2H])c(-c3c([2H])c([2H])c([2H])c([2H])c3N(c3c([2H])c([2H])c(-c4ccc5c(c4)c4ccccc4n5-c4ccccc4)c([2H])c3[2H])c3c([2H])c([2H])c(-c4c([2H])c([2H])c([2H])c([2H])c4[2H])c([2H])c3[2H])c([2H])c2[2H])c([2H])c1[2H]. The lowest BCUT2D eigenvalue weighted by molar-refractivity contribution is 1.18. The van der Waals surface area contributed by atoms with Crippen LogP contribution in [0.25, 0.3) is 72.0 Å². The number of fused-ring (bicyclic) bond motifs is 3. The smallest absolute Gasteiger partial charge is 0.0645 e. The molecule has 0 saturated heterocycles. The molecule has 0 radical (unpaired) electrons. The molecule has 1 heterocycles. The van der Waals surface area contributed by atoms with E-state index in [1.54, 1.807) is 18.2 Å². The van der Waals surface area contributed by atoms with Crippen LogP contribution >= 0.6 is 0 Å². The molecule has 10 rings (SSSR count). The summed E-state index contributed by atoms with van der Waals surface area (Å²) in [4.78, 5) is 0.441. The molecule has 0 spiro atoms. The van der Waals surface area contributed by atoms with E-state index in [0.29, 0.717) is 15.8 Å². The van der Waals surface area contributed by atoms with E-state index in [0.717, 1.165) is 16.6 Å². The van der Waals surface area contributed by atoms with Crippen LogP contribution in [0.15, 0.2) is 230 Å². The Morgan fingerprint density at radius 3 is 1.48 bits per heavy atom. The summed E-state index contributed by atoms with van der Waals surface area (Å²) in [6.45, 7) is 0. The zero-order chi connectivity index (χ0) is 59.9. The van der Waals surface area contributed by atoms with E-state index in [4.69, 9.17) is 16.4 Å². The third-order valence-corrected chi connectivity index (χ3v) is 8.91. The van der Waals surface area contributed by atoms with Crippen LogP contribution in [0.1, 0.15) is 35.6 Å². The van der Waals surface area contributed by atoms with Crippen molar-refractivity contribution in [2.75, 3.05) is 4.90 Å². The summed E-state index contributed by atoms with van der Waals surface area (Å²) < 4.78 is 237. The fourth-order valence-corrected chi connectivity index (χ4v) is 6.39. The summed E-state index contributed by atoms with van der Waals surface area (Å²) in [5.41, 5.74) is -6.27. The summed E-state index contributed by atoms with van der Waals surface area (Å²) in [5, 5.41) is 1.38. The number of para-hydroxylation sites is 3. The van der Waals surface area contributed by atoms with Gasteiger partial charge in [-0.25, -0.2) is 0 Å². The van der Waals surface area contributed by atoms with Crippen molar-refractivity contribution in [3.63, 3.8) is 0 Å². The van der Waals surface area contributed by atoms with Crippen molar-refractivity contribution in [1.29, 1.82) is 0 Å². The van der Waals surface area contributed by atoms with Crippen molar-refractivity contribution in [3.8, 4) is 50.2 Å². The Balaban J connectivity index is 1.34. The number of aromatic nitrogens is 1. The van der Waals surface area contributed by atoms with Crippen molar-refractivity contribution < 1.29 is 35.6 Å². The van der Waals surface area contributed by atoms with Gasteiger partial charge in [0.05, 0.1) is 52.4 Å². The van der Waals surface area contributed by atoms with Crippen LogP contribution in [0.4, 0.5) is 17.1 Å². The quantitative estimate of drug-likeness (QED) is 0.151. The molecule has 56 heavy (non-hydrogen) atoms. The van der Waals surface area contributed by atoms with E-state index in [9.17, 15) is 19.2 Å². The first-order chi connectivity index (χ1) is 38.6. The van der Waals surface area contributed by atoms with Crippen molar-refractivity contribution in [2.24, 2.45) is 0 Å². The van der Waals surface area contributed by atoms with Gasteiger partial charge in [-0.15, -0.1) is 0 Å². The highest BCUT2D eigenvalue weighted by atomic mass is 15.1. The van der Waals surface area contributed by atoms with Crippen molar-refractivity contribution >= 4 is 38.9 Å². The molecule has 0 bridgehead atoms. The second-order valence-corrected chi connectivity index (χ2v) is 12.2. The molecule has 0 fully saturated rings. The van der Waals surface area contributed by atoms with E-state index in [-0.39, 0.29) is 11.1 Å². The van der Waals surface area contributed by atoms with Gasteiger partial charge < -0.3 is 9.47 Å². The molecule has 0 unspecified atom stereocenters. The fourth-order valence-electron chi connectivity index (χ4n) is 6.39. The topological polar surface area (TPSA) is 8.17 Å². The molecule has 0 saturated carbocycles. The summed E-state index contributed by atoms with van der Waals surface area (Å²) in [5.74, 6) is 0. The van der Waals surface area contributed by atoms with E-state index in [2.05, 4.69) is 0 Å². The number of hydrogen-bond acceptors (Lipinski definition) is 1. The molecule has 2 nitrogen and oxygen atoms in total. The maximum absolute atomic E-state index is 9.80. The molecular weight excluding hydrogens is 677 g/mol. The van der Waals surface area contributed by atoms with Crippen LogP contribution in [0.3, 0.4) is 0 Å². The lowest BCUT2D eigenvalue weighted by atomic mass is 9.98. The van der Waals surface area contributed by atoms with Gasteiger partial charge in [0.25, 0.3) is 0 Å². The fraction of sp³-hybridized carbons (Fsp3) is 0. The highest BCUT2D eigenvalue weighted by molar-refractivity contribution is 6.10. The van der Waals surface area contributed by atoms with Gasteiger partial charge in [0.15, 0.2) is 0 Å². The van der Waals surface area contributed by atoms with E-state index in [1.807, 2.05) is 59.2 Å². The largest absolute Gasteiger partial charge is 0.310 e. The Bertz CT molecular complexity index is 4330. The van der Waals surface area contributed by atoms with Crippen molar-refractivity contribution in [1.82, 2.24) is 4.57 Å². The molecule has 264 valence electrons. The van der Waals surface area contributed by atoms with Crippen molar-refractivity contribution in [3.05, 3.63) is 230 Å². The predicted octanol–water partition coefficient (Wildman–Crippen LogP) is 14.9. The van der Waals surface area contributed by atoms with Crippen LogP contribution in [0, 0.1) is 0 Å². The zero-order valence-corrected chi connectivity index (χ0v) is 28.8. The van der Waals surface area contributed by atoms with Gasteiger partial charge in [0.1, 0.15) is 0 Å². The number of anilines is 3. The van der Waals surface area contributed by atoms with Crippen LogP contribution in [0.5, 0.6) is 0 Å². The minimum Gasteiger partial charge on any atom is -0.310 e. The molecule has 0 aliphatic carbocycles. The van der Waals surface area contributed by atoms with Gasteiger partial charge in [-0.1, -0.05) is 169 Å². The lowest BCUT2D eigenvalue weighted by Gasteiger charge is -2.28. The molecule has 2 heteroatoms. The Morgan fingerprint density at radius 1 is 0.357 bits per heavy atom. The summed E-state index contributed by atoms with van der Waals surface area (Å²) in [7, 11) is 0. The highest BCUT2D eigenvalue weighted by Crippen LogP contribution is 2.43. The first-order valence-corrected chi connectivity index (χ1v) is 17.1. The number of nitrogens with zero attached hydrogens (tertiary/aromatic N) is 2. The number of hydrogen-bond donors (Lipinski definition) is 0. The maximum Gasteiger partial charge on any atom is 0.0645 e. The zero-order valence-electron chi connectivity index (χ0n) is 54.8. The Kier molecular flexibility index (Phi) is 4.06. The maximum atomic E-state index is 9.80. The summed E-state index contributed by atoms with van der Waals surface area (Å²) in [6, 6.07) is -4.72. The van der Waals surface area contributed by atoms with Gasteiger partial charge in [-0.3, -0.25) is 0 Å². The number of benzene rings is 9. The molecule has 0 amide bonds. The molecule has 0 N–H and O–H groups in total. The van der Waals surface area contributed by atoms with Gasteiger partial charge in [-0.05, 0) is 99.5 Å². The molecule has 0 atom stereocenters. The van der Waals surface area contributed by atoms with Crippen molar-refractivity contribution in [2.45, 2.75) is 0 Å². The van der Waals surface area contributed by atoms with Gasteiger partial charge >= 0.3 is 0 Å². The molecule has 9 aromatic carbocycles. The van der Waals surface area contributed by atoms with Gasteiger partial charge in [0, 0.05) is 33.4 Å². The first kappa shape index (κ1) is 15.7. The summed E-state index contributed by atoms with van der Waals surface area (Å²) in [6.07, 6.45) is 0. The second-order valence-electron chi connectivity index (χ2n) is 12.2. The van der Waals surface area contributed by atoms with Crippen LogP contribution in [-0.4, -0.2) is 4.57 Å². The lowest BCUT2D eigenvalue weighted by Crippen LogP contribution is -2.11. The number of rotatable bonds is 8. The average molecular weight is 741 g/mol. The third kappa shape index (κ3) is 6.14. The van der Waals surface area contributed by atoms with Crippen LogP contribution < -0.4 is 4.90 Å². The molecule has 0 aliphatic rings. The average Bonchev–Trinajstić information content (AvgIpc) is 1.19. The minimum absolute atomic E-state index is 0.149. The van der Waals surface area contributed by atoms with Crippen LogP contribution in [0.2, 0.25) is 0 Å².